The van der Waals surface area contributed by atoms with E-state index in [2.05, 4.69) is 34.9 Å². The Bertz CT molecular complexity index is 465. The van der Waals surface area contributed by atoms with Gasteiger partial charge in [0, 0.05) is 25.2 Å². The molecule has 2 aliphatic heterocycles. The molecule has 0 aromatic heterocycles. The Hall–Kier alpha value is -1.39. The van der Waals surface area contributed by atoms with E-state index in [1.54, 1.807) is 0 Å². The third kappa shape index (κ3) is 3.83. The highest BCUT2D eigenvalue weighted by Crippen LogP contribution is 2.21. The summed E-state index contributed by atoms with van der Waals surface area (Å²) in [6, 6.07) is 8.42. The van der Waals surface area contributed by atoms with Gasteiger partial charge in [0.25, 0.3) is 0 Å². The molecular weight excluding hydrogens is 262 g/mol. The lowest BCUT2D eigenvalue weighted by Crippen LogP contribution is -2.33. The van der Waals surface area contributed by atoms with Crippen LogP contribution in [0.5, 0.6) is 0 Å². The van der Waals surface area contributed by atoms with Crippen LogP contribution in [0.3, 0.4) is 0 Å². The molecule has 0 bridgehead atoms. The van der Waals surface area contributed by atoms with Gasteiger partial charge in [0.2, 0.25) is 5.91 Å². The van der Waals surface area contributed by atoms with Crippen molar-refractivity contribution in [2.45, 2.75) is 32.2 Å². The van der Waals surface area contributed by atoms with Crippen LogP contribution in [0.1, 0.15) is 31.2 Å². The fraction of sp³-hybridized carbons (Fsp3) is 0.588. The third-order valence-corrected chi connectivity index (χ3v) is 4.54. The largest absolute Gasteiger partial charge is 0.317 e. The molecule has 2 N–H and O–H groups in total. The molecule has 2 saturated heterocycles. The summed E-state index contributed by atoms with van der Waals surface area (Å²) in [7, 11) is 0. The van der Waals surface area contributed by atoms with Crippen LogP contribution in [0.25, 0.3) is 0 Å². The molecule has 4 heteroatoms. The zero-order chi connectivity index (χ0) is 14.5. The number of hydrogen-bond donors (Lipinski definition) is 2. The molecule has 1 aromatic carbocycles. The molecule has 0 unspecified atom stereocenters. The molecule has 4 nitrogen and oxygen atoms in total. The number of hydrogen-bond acceptors (Lipinski definition) is 3. The van der Waals surface area contributed by atoms with Crippen LogP contribution in [0.4, 0.5) is 5.69 Å². The van der Waals surface area contributed by atoms with E-state index in [9.17, 15) is 4.79 Å². The second-order valence-electron chi connectivity index (χ2n) is 6.14. The van der Waals surface area contributed by atoms with Crippen molar-refractivity contribution in [2.24, 2.45) is 5.92 Å². The SMILES string of the molecule is O=C1CCCN1c1ccc(CNCC2CCNCC2)cc1. The normalized spacial score (nSPS) is 20.2. The van der Waals surface area contributed by atoms with Crippen LogP contribution in [0.15, 0.2) is 24.3 Å². The van der Waals surface area contributed by atoms with Gasteiger partial charge >= 0.3 is 0 Å². The molecule has 21 heavy (non-hydrogen) atoms. The van der Waals surface area contributed by atoms with E-state index in [4.69, 9.17) is 0 Å². The van der Waals surface area contributed by atoms with Crippen molar-refractivity contribution in [1.29, 1.82) is 0 Å². The van der Waals surface area contributed by atoms with E-state index in [1.165, 1.54) is 18.4 Å². The fourth-order valence-corrected chi connectivity index (χ4v) is 3.22. The van der Waals surface area contributed by atoms with Crippen molar-refractivity contribution in [3.63, 3.8) is 0 Å². The summed E-state index contributed by atoms with van der Waals surface area (Å²) in [5.41, 5.74) is 2.33. The number of carbonyl (C=O) groups is 1. The molecule has 3 rings (SSSR count). The van der Waals surface area contributed by atoms with Crippen LogP contribution >= 0.6 is 0 Å². The Morgan fingerprint density at radius 1 is 1.19 bits per heavy atom. The molecule has 0 radical (unpaired) electrons. The lowest BCUT2D eigenvalue weighted by Gasteiger charge is -2.23. The minimum atomic E-state index is 0.256. The molecule has 114 valence electrons. The summed E-state index contributed by atoms with van der Waals surface area (Å²) in [5.74, 6) is 1.07. The van der Waals surface area contributed by atoms with Crippen molar-refractivity contribution < 1.29 is 4.79 Å². The number of carbonyl (C=O) groups excluding carboxylic acids is 1. The van der Waals surface area contributed by atoms with E-state index in [1.807, 2.05) is 4.90 Å². The highest BCUT2D eigenvalue weighted by molar-refractivity contribution is 5.95. The van der Waals surface area contributed by atoms with Crippen molar-refractivity contribution in [2.75, 3.05) is 31.1 Å². The van der Waals surface area contributed by atoms with Gasteiger partial charge < -0.3 is 15.5 Å². The molecule has 1 aromatic rings. The first-order valence-corrected chi connectivity index (χ1v) is 8.13. The Balaban J connectivity index is 1.46. The summed E-state index contributed by atoms with van der Waals surface area (Å²) in [5, 5.41) is 6.96. The Morgan fingerprint density at radius 2 is 1.95 bits per heavy atom. The van der Waals surface area contributed by atoms with Gasteiger partial charge in [-0.3, -0.25) is 4.79 Å². The molecule has 2 heterocycles. The van der Waals surface area contributed by atoms with Crippen LogP contribution in [-0.4, -0.2) is 32.1 Å². The maximum Gasteiger partial charge on any atom is 0.227 e. The predicted molar refractivity (Wildman–Crippen MR) is 85.3 cm³/mol. The van der Waals surface area contributed by atoms with E-state index < -0.39 is 0 Å². The van der Waals surface area contributed by atoms with Gasteiger partial charge in [0.15, 0.2) is 0 Å². The minimum Gasteiger partial charge on any atom is -0.317 e. The van der Waals surface area contributed by atoms with Gasteiger partial charge in [0.05, 0.1) is 0 Å². The highest BCUT2D eigenvalue weighted by Gasteiger charge is 2.21. The average Bonchev–Trinajstić information content (AvgIpc) is 2.95. The van der Waals surface area contributed by atoms with Gasteiger partial charge in [-0.05, 0) is 62.5 Å². The van der Waals surface area contributed by atoms with Crippen molar-refractivity contribution in [1.82, 2.24) is 10.6 Å². The van der Waals surface area contributed by atoms with Crippen LogP contribution in [0, 0.1) is 5.92 Å². The number of nitrogens with one attached hydrogen (secondary N) is 2. The predicted octanol–water partition coefficient (Wildman–Crippen LogP) is 1.90. The monoisotopic (exact) mass is 287 g/mol. The van der Waals surface area contributed by atoms with Gasteiger partial charge in [-0.2, -0.15) is 0 Å². The molecule has 0 atom stereocenters. The average molecular weight is 287 g/mol. The highest BCUT2D eigenvalue weighted by atomic mass is 16.2. The summed E-state index contributed by atoms with van der Waals surface area (Å²) in [6.45, 7) is 5.20. The van der Waals surface area contributed by atoms with E-state index in [0.717, 1.165) is 50.7 Å². The lowest BCUT2D eigenvalue weighted by atomic mass is 9.98. The quantitative estimate of drug-likeness (QED) is 0.869. The second kappa shape index (κ2) is 7.05. The first-order valence-electron chi connectivity index (χ1n) is 8.13. The van der Waals surface area contributed by atoms with Crippen LogP contribution < -0.4 is 15.5 Å². The van der Waals surface area contributed by atoms with Crippen molar-refractivity contribution in [3.8, 4) is 0 Å². The summed E-state index contributed by atoms with van der Waals surface area (Å²) >= 11 is 0. The van der Waals surface area contributed by atoms with Crippen molar-refractivity contribution >= 4 is 11.6 Å². The Morgan fingerprint density at radius 3 is 2.62 bits per heavy atom. The van der Waals surface area contributed by atoms with Crippen LogP contribution in [-0.2, 0) is 11.3 Å². The topological polar surface area (TPSA) is 44.4 Å². The van der Waals surface area contributed by atoms with Gasteiger partial charge in [-0.25, -0.2) is 0 Å². The zero-order valence-electron chi connectivity index (χ0n) is 12.6. The first kappa shape index (κ1) is 14.5. The Labute approximate surface area is 126 Å². The summed E-state index contributed by atoms with van der Waals surface area (Å²) in [6.07, 6.45) is 4.24. The standard InChI is InChI=1S/C17H25N3O/c21-17-2-1-11-20(17)16-5-3-14(4-6-16)12-19-13-15-7-9-18-10-8-15/h3-6,15,18-19H,1-2,7-13H2. The lowest BCUT2D eigenvalue weighted by molar-refractivity contribution is -0.117. The van der Waals surface area contributed by atoms with Gasteiger partial charge in [-0.15, -0.1) is 0 Å². The molecule has 0 aliphatic carbocycles. The number of rotatable bonds is 5. The zero-order valence-corrected chi connectivity index (χ0v) is 12.6. The number of nitrogens with zero attached hydrogens (tertiary/aromatic N) is 1. The summed E-state index contributed by atoms with van der Waals surface area (Å²) < 4.78 is 0. The second-order valence-corrected chi connectivity index (χ2v) is 6.14. The molecule has 0 saturated carbocycles. The summed E-state index contributed by atoms with van der Waals surface area (Å²) in [4.78, 5) is 13.6. The molecule has 1 amide bonds. The number of anilines is 1. The van der Waals surface area contributed by atoms with E-state index in [0.29, 0.717) is 6.42 Å². The first-order chi connectivity index (χ1) is 10.3. The van der Waals surface area contributed by atoms with Gasteiger partial charge in [0.1, 0.15) is 0 Å². The van der Waals surface area contributed by atoms with Crippen LogP contribution in [0.2, 0.25) is 0 Å². The maximum absolute atomic E-state index is 11.7. The van der Waals surface area contributed by atoms with Crippen molar-refractivity contribution in [3.05, 3.63) is 29.8 Å². The van der Waals surface area contributed by atoms with Gasteiger partial charge in [-0.1, -0.05) is 12.1 Å². The maximum atomic E-state index is 11.7. The molecule has 0 spiro atoms. The smallest absolute Gasteiger partial charge is 0.227 e. The fourth-order valence-electron chi connectivity index (χ4n) is 3.22. The van der Waals surface area contributed by atoms with E-state index in [-0.39, 0.29) is 5.91 Å². The molecular formula is C17H25N3O. The van der Waals surface area contributed by atoms with E-state index >= 15 is 0 Å². The number of amides is 1. The number of piperidine rings is 1. The minimum absolute atomic E-state index is 0.256. The molecule has 2 fully saturated rings. The molecule has 2 aliphatic rings. The Kier molecular flexibility index (Phi) is 4.88. The third-order valence-electron chi connectivity index (χ3n) is 4.54. The number of benzene rings is 1.